The van der Waals surface area contributed by atoms with Gasteiger partial charge in [-0.15, -0.1) is 0 Å². The molecule has 2 aliphatic rings. The SMILES string of the molecule is Cc1cc(C)cc(-n2nc(CC3CCN(C)CC3)nc2[C@H]2CNCCO2)c1. The number of benzene rings is 1. The summed E-state index contributed by atoms with van der Waals surface area (Å²) in [5, 5.41) is 8.35. The van der Waals surface area contributed by atoms with Gasteiger partial charge in [0.15, 0.2) is 11.6 Å². The van der Waals surface area contributed by atoms with E-state index in [-0.39, 0.29) is 6.10 Å². The van der Waals surface area contributed by atoms with Crippen LogP contribution >= 0.6 is 0 Å². The number of morpholine rings is 1. The first-order chi connectivity index (χ1) is 13.1. The molecule has 2 aromatic rings. The smallest absolute Gasteiger partial charge is 0.162 e. The molecule has 2 fully saturated rings. The van der Waals surface area contributed by atoms with Crippen molar-refractivity contribution in [3.8, 4) is 5.69 Å². The fraction of sp³-hybridized carbons (Fsp3) is 0.619. The Hall–Kier alpha value is -1.76. The van der Waals surface area contributed by atoms with E-state index in [9.17, 15) is 0 Å². The third kappa shape index (κ3) is 4.39. The molecule has 1 N–H and O–H groups in total. The number of nitrogens with one attached hydrogen (secondary N) is 1. The molecule has 0 spiro atoms. The van der Waals surface area contributed by atoms with Crippen LogP contribution in [0, 0.1) is 19.8 Å². The van der Waals surface area contributed by atoms with E-state index >= 15 is 0 Å². The van der Waals surface area contributed by atoms with Gasteiger partial charge >= 0.3 is 0 Å². The molecule has 0 aliphatic carbocycles. The number of rotatable bonds is 4. The number of ether oxygens (including phenoxy) is 1. The van der Waals surface area contributed by atoms with E-state index in [1.807, 2.05) is 4.68 Å². The van der Waals surface area contributed by atoms with Crippen molar-refractivity contribution >= 4 is 0 Å². The monoisotopic (exact) mass is 369 g/mol. The Morgan fingerprint density at radius 1 is 1.15 bits per heavy atom. The zero-order chi connectivity index (χ0) is 18.8. The van der Waals surface area contributed by atoms with Gasteiger partial charge in [-0.2, -0.15) is 5.10 Å². The van der Waals surface area contributed by atoms with Crippen LogP contribution < -0.4 is 5.32 Å². The van der Waals surface area contributed by atoms with Gasteiger partial charge in [0.1, 0.15) is 6.10 Å². The number of likely N-dealkylation sites (tertiary alicyclic amines) is 1. The Morgan fingerprint density at radius 2 is 1.89 bits per heavy atom. The molecule has 0 radical (unpaired) electrons. The molecule has 0 amide bonds. The van der Waals surface area contributed by atoms with Crippen molar-refractivity contribution in [2.75, 3.05) is 39.8 Å². The lowest BCUT2D eigenvalue weighted by Gasteiger charge is -2.28. The van der Waals surface area contributed by atoms with Crippen LogP contribution in [-0.2, 0) is 11.2 Å². The Bertz CT molecular complexity index is 753. The van der Waals surface area contributed by atoms with Crippen molar-refractivity contribution in [3.05, 3.63) is 41.0 Å². The van der Waals surface area contributed by atoms with Crippen LogP contribution in [0.25, 0.3) is 5.69 Å². The van der Waals surface area contributed by atoms with Gasteiger partial charge in [-0.25, -0.2) is 9.67 Å². The lowest BCUT2D eigenvalue weighted by atomic mass is 9.94. The van der Waals surface area contributed by atoms with Crippen molar-refractivity contribution in [2.24, 2.45) is 5.92 Å². The first kappa shape index (κ1) is 18.6. The predicted molar refractivity (Wildman–Crippen MR) is 106 cm³/mol. The maximum absolute atomic E-state index is 6.01. The van der Waals surface area contributed by atoms with Crippen molar-refractivity contribution in [2.45, 2.75) is 39.2 Å². The lowest BCUT2D eigenvalue weighted by Crippen LogP contribution is -2.34. The van der Waals surface area contributed by atoms with Gasteiger partial charge < -0.3 is 15.0 Å². The van der Waals surface area contributed by atoms with Crippen LogP contribution in [0.1, 0.15) is 41.7 Å². The summed E-state index contributed by atoms with van der Waals surface area (Å²) in [6, 6.07) is 6.56. The summed E-state index contributed by atoms with van der Waals surface area (Å²) in [6.45, 7) is 9.01. The van der Waals surface area contributed by atoms with E-state index in [4.69, 9.17) is 14.8 Å². The van der Waals surface area contributed by atoms with Crippen LogP contribution in [0.2, 0.25) is 0 Å². The van der Waals surface area contributed by atoms with Crippen molar-refractivity contribution in [3.63, 3.8) is 0 Å². The molecule has 0 unspecified atom stereocenters. The molecule has 4 rings (SSSR count). The molecule has 0 bridgehead atoms. The molecule has 3 heterocycles. The maximum atomic E-state index is 6.01. The summed E-state index contributed by atoms with van der Waals surface area (Å²) < 4.78 is 8.03. The van der Waals surface area contributed by atoms with Crippen molar-refractivity contribution < 1.29 is 4.74 Å². The minimum atomic E-state index is -0.0432. The Balaban J connectivity index is 1.64. The van der Waals surface area contributed by atoms with E-state index in [0.717, 1.165) is 36.8 Å². The van der Waals surface area contributed by atoms with Gasteiger partial charge in [-0.1, -0.05) is 6.07 Å². The van der Waals surface area contributed by atoms with Crippen LogP contribution in [-0.4, -0.2) is 59.5 Å². The van der Waals surface area contributed by atoms with E-state index in [2.05, 4.69) is 49.3 Å². The third-order valence-corrected chi connectivity index (χ3v) is 5.65. The zero-order valence-electron chi connectivity index (χ0n) is 16.7. The molecule has 6 heteroatoms. The summed E-state index contributed by atoms with van der Waals surface area (Å²) in [7, 11) is 2.20. The highest BCUT2D eigenvalue weighted by Crippen LogP contribution is 2.25. The van der Waals surface area contributed by atoms with E-state index in [1.54, 1.807) is 0 Å². The Labute approximate surface area is 161 Å². The Kier molecular flexibility index (Phi) is 5.57. The second-order valence-electron chi connectivity index (χ2n) is 8.16. The Morgan fingerprint density at radius 3 is 2.56 bits per heavy atom. The molecule has 1 aromatic carbocycles. The summed E-state index contributed by atoms with van der Waals surface area (Å²) >= 11 is 0. The average Bonchev–Trinajstić information content (AvgIpc) is 3.07. The minimum Gasteiger partial charge on any atom is -0.368 e. The zero-order valence-corrected chi connectivity index (χ0v) is 16.7. The van der Waals surface area contributed by atoms with Gasteiger partial charge in [0.2, 0.25) is 0 Å². The number of hydrogen-bond donors (Lipinski definition) is 1. The summed E-state index contributed by atoms with van der Waals surface area (Å²) in [5.41, 5.74) is 3.57. The molecular formula is C21H31N5O. The average molecular weight is 370 g/mol. The number of aryl methyl sites for hydroxylation is 2. The van der Waals surface area contributed by atoms with Gasteiger partial charge in [0.05, 0.1) is 12.3 Å². The molecule has 2 aliphatic heterocycles. The largest absolute Gasteiger partial charge is 0.368 e. The topological polar surface area (TPSA) is 55.2 Å². The molecule has 1 atom stereocenters. The van der Waals surface area contributed by atoms with Crippen LogP contribution in [0.4, 0.5) is 0 Å². The molecule has 146 valence electrons. The minimum absolute atomic E-state index is 0.0432. The summed E-state index contributed by atoms with van der Waals surface area (Å²) in [6.07, 6.45) is 3.37. The number of nitrogens with zero attached hydrogens (tertiary/aromatic N) is 4. The fourth-order valence-corrected chi connectivity index (χ4v) is 4.18. The van der Waals surface area contributed by atoms with Crippen molar-refractivity contribution in [1.29, 1.82) is 0 Å². The lowest BCUT2D eigenvalue weighted by molar-refractivity contribution is 0.0208. The molecule has 0 saturated carbocycles. The standard InChI is InChI=1S/C21H31N5O/c1-15-10-16(2)12-18(11-15)26-21(19-14-22-6-9-27-19)23-20(24-26)13-17-4-7-25(3)8-5-17/h10-12,17,19,22H,4-9,13-14H2,1-3H3/t19-/m1/s1. The fourth-order valence-electron chi connectivity index (χ4n) is 4.18. The molecular weight excluding hydrogens is 338 g/mol. The highest BCUT2D eigenvalue weighted by atomic mass is 16.5. The molecule has 1 aromatic heterocycles. The molecule has 6 nitrogen and oxygen atoms in total. The second kappa shape index (κ2) is 8.09. The van der Waals surface area contributed by atoms with E-state index < -0.39 is 0 Å². The second-order valence-corrected chi connectivity index (χ2v) is 8.16. The quantitative estimate of drug-likeness (QED) is 0.897. The van der Waals surface area contributed by atoms with Crippen LogP contribution in [0.15, 0.2) is 18.2 Å². The van der Waals surface area contributed by atoms with Gasteiger partial charge in [-0.3, -0.25) is 0 Å². The predicted octanol–water partition coefficient (Wildman–Crippen LogP) is 2.43. The molecule has 27 heavy (non-hydrogen) atoms. The number of piperidine rings is 1. The van der Waals surface area contributed by atoms with Crippen LogP contribution in [0.3, 0.4) is 0 Å². The van der Waals surface area contributed by atoms with E-state index in [1.165, 1.54) is 37.1 Å². The maximum Gasteiger partial charge on any atom is 0.162 e. The van der Waals surface area contributed by atoms with E-state index in [0.29, 0.717) is 12.5 Å². The summed E-state index contributed by atoms with van der Waals surface area (Å²) in [4.78, 5) is 7.36. The van der Waals surface area contributed by atoms with Gasteiger partial charge in [0.25, 0.3) is 0 Å². The van der Waals surface area contributed by atoms with Gasteiger partial charge in [-0.05, 0) is 76.0 Å². The van der Waals surface area contributed by atoms with Crippen molar-refractivity contribution in [1.82, 2.24) is 25.0 Å². The third-order valence-electron chi connectivity index (χ3n) is 5.65. The highest BCUT2D eigenvalue weighted by molar-refractivity contribution is 5.39. The number of hydrogen-bond acceptors (Lipinski definition) is 5. The first-order valence-corrected chi connectivity index (χ1v) is 10.1. The van der Waals surface area contributed by atoms with Gasteiger partial charge in [0, 0.05) is 19.5 Å². The highest BCUT2D eigenvalue weighted by Gasteiger charge is 2.26. The first-order valence-electron chi connectivity index (χ1n) is 10.1. The molecule has 2 saturated heterocycles. The normalized spacial score (nSPS) is 22.3. The number of aromatic nitrogens is 3. The van der Waals surface area contributed by atoms with Crippen LogP contribution in [0.5, 0.6) is 0 Å². The summed E-state index contributed by atoms with van der Waals surface area (Å²) in [5.74, 6) is 2.55.